The highest BCUT2D eigenvalue weighted by Crippen LogP contribution is 2.23. The zero-order chi connectivity index (χ0) is 11.3. The Balaban J connectivity index is 2.68. The standard InChI is InChI=1S/C13H20OS/c1-4-10(5-2)9-12(14)13-11(6-3)7-8-15-13/h7-8,10H,4-6,9H2,1-3H3. The summed E-state index contributed by atoms with van der Waals surface area (Å²) in [6.45, 7) is 6.43. The Morgan fingerprint density at radius 1 is 1.33 bits per heavy atom. The minimum absolute atomic E-state index is 0.343. The second-order valence-electron chi connectivity index (χ2n) is 3.94. The number of rotatable bonds is 6. The second kappa shape index (κ2) is 6.06. The molecule has 1 aromatic heterocycles. The first-order chi connectivity index (χ1) is 7.22. The lowest BCUT2D eigenvalue weighted by atomic mass is 9.95. The van der Waals surface area contributed by atoms with Gasteiger partial charge in [-0.3, -0.25) is 4.79 Å². The summed E-state index contributed by atoms with van der Waals surface area (Å²) in [6.07, 6.45) is 3.90. The van der Waals surface area contributed by atoms with E-state index in [0.29, 0.717) is 11.7 Å². The van der Waals surface area contributed by atoms with Crippen LogP contribution in [0.2, 0.25) is 0 Å². The highest BCUT2D eigenvalue weighted by molar-refractivity contribution is 7.12. The topological polar surface area (TPSA) is 17.1 Å². The van der Waals surface area contributed by atoms with Crippen LogP contribution in [0.1, 0.15) is 55.3 Å². The van der Waals surface area contributed by atoms with Crippen LogP contribution in [0, 0.1) is 5.92 Å². The van der Waals surface area contributed by atoms with Crippen molar-refractivity contribution in [3.05, 3.63) is 21.9 Å². The van der Waals surface area contributed by atoms with E-state index in [9.17, 15) is 4.79 Å². The monoisotopic (exact) mass is 224 g/mol. The van der Waals surface area contributed by atoms with Crippen LogP contribution in [0.25, 0.3) is 0 Å². The van der Waals surface area contributed by atoms with Crippen LogP contribution in [-0.4, -0.2) is 5.78 Å². The zero-order valence-electron chi connectivity index (χ0n) is 9.88. The Labute approximate surface area is 96.5 Å². The van der Waals surface area contributed by atoms with Crippen LogP contribution >= 0.6 is 11.3 Å². The molecule has 0 aliphatic carbocycles. The Kier molecular flexibility index (Phi) is 5.03. The van der Waals surface area contributed by atoms with Gasteiger partial charge in [0.1, 0.15) is 0 Å². The van der Waals surface area contributed by atoms with E-state index < -0.39 is 0 Å². The molecule has 0 saturated carbocycles. The van der Waals surface area contributed by atoms with E-state index >= 15 is 0 Å². The normalized spacial score (nSPS) is 10.9. The minimum atomic E-state index is 0.343. The molecule has 0 aliphatic heterocycles. The van der Waals surface area contributed by atoms with Gasteiger partial charge in [0.25, 0.3) is 0 Å². The van der Waals surface area contributed by atoms with E-state index in [-0.39, 0.29) is 0 Å². The first-order valence-corrected chi connectivity index (χ1v) is 6.70. The molecular formula is C13H20OS. The van der Waals surface area contributed by atoms with Crippen molar-refractivity contribution in [2.45, 2.75) is 46.5 Å². The van der Waals surface area contributed by atoms with Crippen molar-refractivity contribution in [1.82, 2.24) is 0 Å². The summed E-state index contributed by atoms with van der Waals surface area (Å²) < 4.78 is 0. The van der Waals surface area contributed by atoms with Gasteiger partial charge in [0.15, 0.2) is 5.78 Å². The van der Waals surface area contributed by atoms with Gasteiger partial charge in [-0.2, -0.15) is 0 Å². The molecule has 0 unspecified atom stereocenters. The van der Waals surface area contributed by atoms with E-state index in [1.54, 1.807) is 11.3 Å². The molecule has 1 rings (SSSR count). The first-order valence-electron chi connectivity index (χ1n) is 5.82. The molecule has 0 aliphatic rings. The predicted octanol–water partition coefficient (Wildman–Crippen LogP) is 4.32. The number of carbonyl (C=O) groups is 1. The fourth-order valence-electron chi connectivity index (χ4n) is 1.79. The van der Waals surface area contributed by atoms with Crippen LogP contribution < -0.4 is 0 Å². The number of ketones is 1. The van der Waals surface area contributed by atoms with Crippen molar-refractivity contribution in [3.8, 4) is 0 Å². The number of hydrogen-bond acceptors (Lipinski definition) is 2. The van der Waals surface area contributed by atoms with Crippen LogP contribution in [0.4, 0.5) is 0 Å². The van der Waals surface area contributed by atoms with Crippen LogP contribution in [0.5, 0.6) is 0 Å². The van der Waals surface area contributed by atoms with Gasteiger partial charge < -0.3 is 0 Å². The molecule has 0 aromatic carbocycles. The molecule has 0 fully saturated rings. The lowest BCUT2D eigenvalue weighted by Crippen LogP contribution is -2.07. The second-order valence-corrected chi connectivity index (χ2v) is 4.85. The molecule has 0 N–H and O–H groups in total. The maximum absolute atomic E-state index is 12.0. The fraction of sp³-hybridized carbons (Fsp3) is 0.615. The van der Waals surface area contributed by atoms with Crippen molar-refractivity contribution in [2.24, 2.45) is 5.92 Å². The highest BCUT2D eigenvalue weighted by Gasteiger charge is 2.15. The number of Topliss-reactive ketones (excluding diaryl/α,β-unsaturated/α-hetero) is 1. The summed E-state index contributed by atoms with van der Waals surface area (Å²) in [4.78, 5) is 13.0. The van der Waals surface area contributed by atoms with Crippen molar-refractivity contribution >= 4 is 17.1 Å². The van der Waals surface area contributed by atoms with Crippen LogP contribution in [0.15, 0.2) is 11.4 Å². The summed E-state index contributed by atoms with van der Waals surface area (Å²) >= 11 is 1.60. The van der Waals surface area contributed by atoms with Gasteiger partial charge in [0.05, 0.1) is 4.88 Å². The van der Waals surface area contributed by atoms with Crippen molar-refractivity contribution < 1.29 is 4.79 Å². The molecule has 1 aromatic rings. The van der Waals surface area contributed by atoms with Gasteiger partial charge in [0, 0.05) is 6.42 Å². The maximum atomic E-state index is 12.0. The van der Waals surface area contributed by atoms with E-state index in [2.05, 4.69) is 26.8 Å². The molecule has 0 bridgehead atoms. The Bertz CT molecular complexity index is 310. The van der Waals surface area contributed by atoms with E-state index in [4.69, 9.17) is 0 Å². The predicted molar refractivity (Wildman–Crippen MR) is 66.7 cm³/mol. The van der Waals surface area contributed by atoms with E-state index in [1.165, 1.54) is 5.56 Å². The number of aryl methyl sites for hydroxylation is 1. The third-order valence-electron chi connectivity index (χ3n) is 3.01. The third-order valence-corrected chi connectivity index (χ3v) is 4.01. The van der Waals surface area contributed by atoms with E-state index in [1.807, 2.05) is 5.38 Å². The summed E-state index contributed by atoms with van der Waals surface area (Å²) in [6, 6.07) is 2.07. The Morgan fingerprint density at radius 3 is 2.53 bits per heavy atom. The van der Waals surface area contributed by atoms with Crippen molar-refractivity contribution in [2.75, 3.05) is 0 Å². The van der Waals surface area contributed by atoms with Gasteiger partial charge in [-0.25, -0.2) is 0 Å². The summed E-state index contributed by atoms with van der Waals surface area (Å²) in [5.74, 6) is 0.903. The smallest absolute Gasteiger partial charge is 0.173 e. The van der Waals surface area contributed by atoms with Gasteiger partial charge in [-0.05, 0) is 29.3 Å². The Hall–Kier alpha value is -0.630. The Morgan fingerprint density at radius 2 is 2.00 bits per heavy atom. The molecule has 1 heterocycles. The zero-order valence-corrected chi connectivity index (χ0v) is 10.7. The lowest BCUT2D eigenvalue weighted by Gasteiger charge is -2.10. The molecule has 0 radical (unpaired) electrons. The molecule has 0 amide bonds. The summed E-state index contributed by atoms with van der Waals surface area (Å²) in [5.41, 5.74) is 1.22. The van der Waals surface area contributed by atoms with Crippen molar-refractivity contribution in [1.29, 1.82) is 0 Å². The number of carbonyl (C=O) groups excluding carboxylic acids is 1. The van der Waals surface area contributed by atoms with Crippen molar-refractivity contribution in [3.63, 3.8) is 0 Å². The van der Waals surface area contributed by atoms with Crippen LogP contribution in [-0.2, 0) is 6.42 Å². The van der Waals surface area contributed by atoms with Gasteiger partial charge >= 0.3 is 0 Å². The quantitative estimate of drug-likeness (QED) is 0.658. The minimum Gasteiger partial charge on any atom is -0.293 e. The van der Waals surface area contributed by atoms with E-state index in [0.717, 1.165) is 30.6 Å². The SMILES string of the molecule is CCc1ccsc1C(=O)CC(CC)CC. The average molecular weight is 224 g/mol. The highest BCUT2D eigenvalue weighted by atomic mass is 32.1. The first kappa shape index (κ1) is 12.4. The molecule has 0 atom stereocenters. The molecule has 0 saturated heterocycles. The lowest BCUT2D eigenvalue weighted by molar-refractivity contribution is 0.0962. The van der Waals surface area contributed by atoms with Gasteiger partial charge in [-0.1, -0.05) is 33.6 Å². The van der Waals surface area contributed by atoms with Gasteiger partial charge in [-0.15, -0.1) is 11.3 Å². The average Bonchev–Trinajstić information content (AvgIpc) is 2.73. The maximum Gasteiger partial charge on any atom is 0.173 e. The van der Waals surface area contributed by atoms with Crippen LogP contribution in [0.3, 0.4) is 0 Å². The van der Waals surface area contributed by atoms with Gasteiger partial charge in [0.2, 0.25) is 0 Å². The summed E-state index contributed by atoms with van der Waals surface area (Å²) in [7, 11) is 0. The molecular weight excluding hydrogens is 204 g/mol. The summed E-state index contributed by atoms with van der Waals surface area (Å²) in [5, 5.41) is 2.03. The molecule has 15 heavy (non-hydrogen) atoms. The largest absolute Gasteiger partial charge is 0.293 e. The molecule has 0 spiro atoms. The number of thiophene rings is 1. The molecule has 84 valence electrons. The molecule has 1 nitrogen and oxygen atoms in total. The third kappa shape index (κ3) is 3.16. The fourth-order valence-corrected chi connectivity index (χ4v) is 2.74. The number of hydrogen-bond donors (Lipinski definition) is 0. The molecule has 2 heteroatoms.